The van der Waals surface area contributed by atoms with E-state index in [1.807, 2.05) is 0 Å². The van der Waals surface area contributed by atoms with E-state index >= 15 is 0 Å². The minimum absolute atomic E-state index is 0.0116. The summed E-state index contributed by atoms with van der Waals surface area (Å²) in [7, 11) is -6.53. The van der Waals surface area contributed by atoms with E-state index in [1.54, 1.807) is 19.1 Å². The molecule has 0 bridgehead atoms. The molecule has 0 heterocycles. The van der Waals surface area contributed by atoms with Gasteiger partial charge in [-0.05, 0) is 24.1 Å². The number of aryl methyl sites for hydroxylation is 1. The van der Waals surface area contributed by atoms with Crippen LogP contribution < -0.4 is 4.72 Å². The molecule has 5 nitrogen and oxygen atoms in total. The largest absolute Gasteiger partial charge is 0.240 e. The topological polar surface area (TPSA) is 80.3 Å². The quantitative estimate of drug-likeness (QED) is 0.831. The number of sulfonamides is 1. The van der Waals surface area contributed by atoms with Crippen LogP contribution in [0.25, 0.3) is 0 Å². The molecular weight excluding hydrogens is 274 g/mol. The normalized spacial score (nSPS) is 12.6. The molecule has 0 aliphatic rings. The molecule has 0 amide bonds. The van der Waals surface area contributed by atoms with Crippen LogP contribution >= 0.6 is 0 Å². The maximum absolute atomic E-state index is 11.8. The molecule has 0 saturated heterocycles. The van der Waals surface area contributed by atoms with Crippen molar-refractivity contribution in [2.45, 2.75) is 18.2 Å². The van der Waals surface area contributed by atoms with Gasteiger partial charge in [-0.25, -0.2) is 21.6 Å². The fourth-order valence-corrected chi connectivity index (χ4v) is 3.16. The lowest BCUT2D eigenvalue weighted by atomic mass is 10.2. The van der Waals surface area contributed by atoms with Crippen LogP contribution in [-0.4, -0.2) is 35.4 Å². The minimum Gasteiger partial charge on any atom is -0.229 e. The molecule has 0 atom stereocenters. The summed E-state index contributed by atoms with van der Waals surface area (Å²) < 4.78 is 48.0. The third kappa shape index (κ3) is 4.75. The summed E-state index contributed by atoms with van der Waals surface area (Å²) in [6, 6.07) is 6.32. The molecule has 0 saturated carbocycles. The fourth-order valence-electron chi connectivity index (χ4n) is 1.44. The summed E-state index contributed by atoms with van der Waals surface area (Å²) >= 11 is 0. The van der Waals surface area contributed by atoms with Gasteiger partial charge >= 0.3 is 0 Å². The summed E-state index contributed by atoms with van der Waals surface area (Å²) in [5.41, 5.74) is 0.694. The van der Waals surface area contributed by atoms with Gasteiger partial charge in [-0.1, -0.05) is 19.1 Å². The van der Waals surface area contributed by atoms with Crippen LogP contribution in [-0.2, 0) is 26.3 Å². The Labute approximate surface area is 108 Å². The Morgan fingerprint density at radius 3 is 2.39 bits per heavy atom. The first-order valence-electron chi connectivity index (χ1n) is 5.51. The summed E-state index contributed by atoms with van der Waals surface area (Å²) in [4.78, 5) is 0.162. The Morgan fingerprint density at radius 1 is 1.17 bits per heavy atom. The van der Waals surface area contributed by atoms with E-state index < -0.39 is 19.9 Å². The summed E-state index contributed by atoms with van der Waals surface area (Å²) in [5, 5.41) is 0. The van der Waals surface area contributed by atoms with Crippen LogP contribution in [0.4, 0.5) is 0 Å². The molecule has 102 valence electrons. The first-order chi connectivity index (χ1) is 8.24. The van der Waals surface area contributed by atoms with Crippen molar-refractivity contribution in [1.29, 1.82) is 0 Å². The molecule has 0 aliphatic carbocycles. The maximum Gasteiger partial charge on any atom is 0.240 e. The van der Waals surface area contributed by atoms with Gasteiger partial charge in [0, 0.05) is 12.8 Å². The van der Waals surface area contributed by atoms with Gasteiger partial charge in [0.25, 0.3) is 0 Å². The third-order valence-electron chi connectivity index (χ3n) is 2.30. The monoisotopic (exact) mass is 291 g/mol. The number of nitrogens with one attached hydrogen (secondary N) is 1. The SMILES string of the molecule is CCNS(=O)(=O)c1cccc(CCS(C)(=O)=O)c1. The average molecular weight is 291 g/mol. The lowest BCUT2D eigenvalue weighted by Gasteiger charge is -2.06. The molecule has 0 radical (unpaired) electrons. The van der Waals surface area contributed by atoms with Crippen LogP contribution in [0.15, 0.2) is 29.2 Å². The zero-order valence-corrected chi connectivity index (χ0v) is 12.0. The molecule has 0 aliphatic heterocycles. The second kappa shape index (κ2) is 5.81. The van der Waals surface area contributed by atoms with Gasteiger partial charge in [0.15, 0.2) is 0 Å². The van der Waals surface area contributed by atoms with Crippen LogP contribution in [0.3, 0.4) is 0 Å². The lowest BCUT2D eigenvalue weighted by Crippen LogP contribution is -2.23. The number of hydrogen-bond donors (Lipinski definition) is 1. The van der Waals surface area contributed by atoms with Crippen molar-refractivity contribution in [2.75, 3.05) is 18.6 Å². The van der Waals surface area contributed by atoms with Gasteiger partial charge in [0.2, 0.25) is 10.0 Å². The molecule has 0 spiro atoms. The summed E-state index contributed by atoms with van der Waals surface area (Å²) in [5.74, 6) is 0.0116. The molecule has 1 N–H and O–H groups in total. The highest BCUT2D eigenvalue weighted by molar-refractivity contribution is 7.90. The number of benzene rings is 1. The Bertz CT molecular complexity index is 606. The van der Waals surface area contributed by atoms with E-state index in [0.29, 0.717) is 18.5 Å². The van der Waals surface area contributed by atoms with Gasteiger partial charge in [0.1, 0.15) is 9.84 Å². The number of sulfone groups is 1. The molecule has 18 heavy (non-hydrogen) atoms. The fraction of sp³-hybridized carbons (Fsp3) is 0.455. The first-order valence-corrected chi connectivity index (χ1v) is 9.05. The lowest BCUT2D eigenvalue weighted by molar-refractivity contribution is 0.584. The van der Waals surface area contributed by atoms with Gasteiger partial charge in [0.05, 0.1) is 10.6 Å². The predicted octanol–water partition coefficient (Wildman–Crippen LogP) is 0.572. The second-order valence-electron chi connectivity index (χ2n) is 4.03. The van der Waals surface area contributed by atoms with E-state index in [2.05, 4.69) is 4.72 Å². The minimum atomic E-state index is -3.49. The van der Waals surface area contributed by atoms with Gasteiger partial charge in [-0.2, -0.15) is 0 Å². The van der Waals surface area contributed by atoms with Gasteiger partial charge in [-0.3, -0.25) is 0 Å². The van der Waals surface area contributed by atoms with Crippen molar-refractivity contribution in [2.24, 2.45) is 0 Å². The van der Waals surface area contributed by atoms with E-state index in [0.717, 1.165) is 6.26 Å². The van der Waals surface area contributed by atoms with E-state index in [4.69, 9.17) is 0 Å². The maximum atomic E-state index is 11.8. The Hall–Kier alpha value is -0.920. The molecule has 0 unspecified atom stereocenters. The van der Waals surface area contributed by atoms with E-state index in [9.17, 15) is 16.8 Å². The Morgan fingerprint density at radius 2 is 1.83 bits per heavy atom. The molecule has 1 aromatic carbocycles. The zero-order chi connectivity index (χ0) is 13.8. The third-order valence-corrected chi connectivity index (χ3v) is 4.79. The molecular formula is C11H17NO4S2. The van der Waals surface area contributed by atoms with Crippen LogP contribution in [0.1, 0.15) is 12.5 Å². The number of hydrogen-bond acceptors (Lipinski definition) is 4. The van der Waals surface area contributed by atoms with Crippen molar-refractivity contribution in [3.8, 4) is 0 Å². The molecule has 1 rings (SSSR count). The Kier molecular flexibility index (Phi) is 4.89. The second-order valence-corrected chi connectivity index (χ2v) is 8.06. The highest BCUT2D eigenvalue weighted by Gasteiger charge is 2.13. The highest BCUT2D eigenvalue weighted by Crippen LogP contribution is 2.12. The molecule has 1 aromatic rings. The summed E-state index contributed by atoms with van der Waals surface area (Å²) in [6.07, 6.45) is 1.47. The molecule has 0 fully saturated rings. The average Bonchev–Trinajstić information content (AvgIpc) is 2.26. The van der Waals surface area contributed by atoms with Crippen molar-refractivity contribution in [3.63, 3.8) is 0 Å². The van der Waals surface area contributed by atoms with Crippen LogP contribution in [0.5, 0.6) is 0 Å². The van der Waals surface area contributed by atoms with E-state index in [-0.39, 0.29) is 10.6 Å². The standard InChI is InChI=1S/C11H17NO4S2/c1-3-12-18(15,16)11-6-4-5-10(9-11)7-8-17(2,13)14/h4-6,9,12H,3,7-8H2,1-2H3. The van der Waals surface area contributed by atoms with Crippen molar-refractivity contribution in [3.05, 3.63) is 29.8 Å². The van der Waals surface area contributed by atoms with Crippen molar-refractivity contribution >= 4 is 19.9 Å². The highest BCUT2D eigenvalue weighted by atomic mass is 32.2. The van der Waals surface area contributed by atoms with E-state index in [1.165, 1.54) is 12.1 Å². The smallest absolute Gasteiger partial charge is 0.229 e. The van der Waals surface area contributed by atoms with Crippen molar-refractivity contribution in [1.82, 2.24) is 4.72 Å². The zero-order valence-electron chi connectivity index (χ0n) is 10.4. The van der Waals surface area contributed by atoms with Crippen LogP contribution in [0, 0.1) is 0 Å². The molecule has 7 heteroatoms. The number of rotatable bonds is 6. The predicted molar refractivity (Wildman–Crippen MR) is 70.7 cm³/mol. The van der Waals surface area contributed by atoms with Gasteiger partial charge in [-0.15, -0.1) is 0 Å². The summed E-state index contributed by atoms with van der Waals surface area (Å²) in [6.45, 7) is 2.01. The van der Waals surface area contributed by atoms with Crippen LogP contribution in [0.2, 0.25) is 0 Å². The molecule has 0 aromatic heterocycles. The van der Waals surface area contributed by atoms with Crippen molar-refractivity contribution < 1.29 is 16.8 Å². The Balaban J connectivity index is 2.93. The first kappa shape index (κ1) is 15.1. The van der Waals surface area contributed by atoms with Gasteiger partial charge < -0.3 is 0 Å².